The van der Waals surface area contributed by atoms with Crippen molar-refractivity contribution in [2.24, 2.45) is 0 Å². The van der Waals surface area contributed by atoms with E-state index in [0.29, 0.717) is 28.5 Å². The van der Waals surface area contributed by atoms with Crippen LogP contribution in [0.2, 0.25) is 5.02 Å². The zero-order valence-corrected chi connectivity index (χ0v) is 18.4. The minimum absolute atomic E-state index is 0.121. The second-order valence-electron chi connectivity index (χ2n) is 7.11. The summed E-state index contributed by atoms with van der Waals surface area (Å²) >= 11 is 6.23. The highest BCUT2D eigenvalue weighted by atomic mass is 35.5. The Morgan fingerprint density at radius 2 is 1.83 bits per heavy atom. The largest absolute Gasteiger partial charge is 0.496 e. The molecule has 0 aromatic heterocycles. The standard InChI is InChI=1S/C23H21ClO5S/c1-14-7-10-22(30(25,26)28-3)19(11-14)21-12-15-5-4-6-17(23(15)29-21)18-13-16(24)8-9-20(18)27-2/h4-11,13,21H,12H2,1-3H3. The fraction of sp³-hybridized carbons (Fsp3) is 0.217. The molecule has 0 saturated carbocycles. The monoisotopic (exact) mass is 444 g/mol. The Bertz CT molecular complexity index is 1220. The summed E-state index contributed by atoms with van der Waals surface area (Å²) in [6.45, 7) is 1.91. The lowest BCUT2D eigenvalue weighted by molar-refractivity contribution is 0.235. The van der Waals surface area contributed by atoms with Crippen LogP contribution >= 0.6 is 11.6 Å². The fourth-order valence-corrected chi connectivity index (χ4v) is 4.85. The van der Waals surface area contributed by atoms with Crippen LogP contribution in [0.15, 0.2) is 59.5 Å². The molecule has 5 nitrogen and oxygen atoms in total. The molecule has 1 unspecified atom stereocenters. The van der Waals surface area contributed by atoms with E-state index in [1.54, 1.807) is 25.3 Å². The second kappa shape index (κ2) is 7.95. The van der Waals surface area contributed by atoms with E-state index in [2.05, 4.69) is 0 Å². The Balaban J connectivity index is 1.81. The minimum Gasteiger partial charge on any atom is -0.496 e. The first-order valence-electron chi connectivity index (χ1n) is 9.37. The maximum absolute atomic E-state index is 12.5. The molecule has 7 heteroatoms. The van der Waals surface area contributed by atoms with Crippen LogP contribution in [0.1, 0.15) is 22.8 Å². The highest BCUT2D eigenvalue weighted by Gasteiger charge is 2.32. The average molecular weight is 445 g/mol. The van der Waals surface area contributed by atoms with Crippen molar-refractivity contribution in [2.45, 2.75) is 24.3 Å². The number of fused-ring (bicyclic) bond motifs is 1. The molecule has 0 bridgehead atoms. The van der Waals surface area contributed by atoms with E-state index in [0.717, 1.165) is 29.4 Å². The van der Waals surface area contributed by atoms with Gasteiger partial charge in [0.25, 0.3) is 10.1 Å². The summed E-state index contributed by atoms with van der Waals surface area (Å²) in [5, 5.41) is 0.588. The Morgan fingerprint density at radius 1 is 1.03 bits per heavy atom. The number of hydrogen-bond donors (Lipinski definition) is 0. The maximum atomic E-state index is 12.5. The summed E-state index contributed by atoms with van der Waals surface area (Å²) in [6, 6.07) is 16.4. The number of aryl methyl sites for hydroxylation is 1. The van der Waals surface area contributed by atoms with Crippen molar-refractivity contribution in [1.82, 2.24) is 0 Å². The van der Waals surface area contributed by atoms with Gasteiger partial charge in [-0.15, -0.1) is 0 Å². The third-order valence-electron chi connectivity index (χ3n) is 5.21. The van der Waals surface area contributed by atoms with Crippen LogP contribution in [0.5, 0.6) is 11.5 Å². The Labute approximate surface area is 181 Å². The number of methoxy groups -OCH3 is 1. The molecular formula is C23H21ClO5S. The molecule has 3 aromatic carbocycles. The lowest BCUT2D eigenvalue weighted by atomic mass is 9.98. The van der Waals surface area contributed by atoms with Crippen LogP contribution in [0.3, 0.4) is 0 Å². The van der Waals surface area contributed by atoms with E-state index in [1.165, 1.54) is 0 Å². The molecular weight excluding hydrogens is 424 g/mol. The second-order valence-corrected chi connectivity index (χ2v) is 9.23. The van der Waals surface area contributed by atoms with Gasteiger partial charge in [0, 0.05) is 28.1 Å². The third kappa shape index (κ3) is 3.67. The van der Waals surface area contributed by atoms with Crippen molar-refractivity contribution in [3.63, 3.8) is 0 Å². The molecule has 3 aromatic rings. The van der Waals surface area contributed by atoms with Gasteiger partial charge in [-0.2, -0.15) is 8.42 Å². The molecule has 1 aliphatic heterocycles. The lowest BCUT2D eigenvalue weighted by Crippen LogP contribution is -2.12. The Morgan fingerprint density at radius 3 is 2.57 bits per heavy atom. The van der Waals surface area contributed by atoms with E-state index in [-0.39, 0.29) is 4.90 Å². The summed E-state index contributed by atoms with van der Waals surface area (Å²) in [6.07, 6.45) is 0.0908. The topological polar surface area (TPSA) is 61.8 Å². The summed E-state index contributed by atoms with van der Waals surface area (Å²) in [4.78, 5) is 0.121. The molecule has 30 heavy (non-hydrogen) atoms. The fourth-order valence-electron chi connectivity index (χ4n) is 3.78. The molecule has 0 fully saturated rings. The van der Waals surface area contributed by atoms with Gasteiger partial charge in [0.15, 0.2) is 0 Å². The van der Waals surface area contributed by atoms with Crippen molar-refractivity contribution in [3.8, 4) is 22.6 Å². The number of para-hydroxylation sites is 1. The molecule has 0 amide bonds. The number of rotatable bonds is 5. The number of halogens is 1. The predicted molar refractivity (Wildman–Crippen MR) is 116 cm³/mol. The van der Waals surface area contributed by atoms with E-state index >= 15 is 0 Å². The number of ether oxygens (including phenoxy) is 2. The normalized spacial score (nSPS) is 15.5. The van der Waals surface area contributed by atoms with Gasteiger partial charge in [0.1, 0.15) is 22.5 Å². The minimum atomic E-state index is -3.87. The molecule has 0 radical (unpaired) electrons. The Kier molecular flexibility index (Phi) is 5.49. The van der Waals surface area contributed by atoms with E-state index in [9.17, 15) is 8.42 Å². The van der Waals surface area contributed by atoms with Gasteiger partial charge in [0.2, 0.25) is 0 Å². The van der Waals surface area contributed by atoms with Crippen molar-refractivity contribution >= 4 is 21.7 Å². The predicted octanol–water partition coefficient (Wildman–Crippen LogP) is 5.34. The molecule has 0 spiro atoms. The molecule has 0 aliphatic carbocycles. The number of hydrogen-bond acceptors (Lipinski definition) is 5. The maximum Gasteiger partial charge on any atom is 0.297 e. The van der Waals surface area contributed by atoms with E-state index < -0.39 is 16.2 Å². The highest BCUT2D eigenvalue weighted by molar-refractivity contribution is 7.86. The van der Waals surface area contributed by atoms with Crippen LogP contribution in [0.4, 0.5) is 0 Å². The summed E-state index contributed by atoms with van der Waals surface area (Å²) in [7, 11) is -1.10. The molecule has 156 valence electrons. The third-order valence-corrected chi connectivity index (χ3v) is 6.80. The average Bonchev–Trinajstić information content (AvgIpc) is 3.18. The first-order chi connectivity index (χ1) is 14.3. The highest BCUT2D eigenvalue weighted by Crippen LogP contribution is 2.47. The molecule has 0 N–H and O–H groups in total. The van der Waals surface area contributed by atoms with Gasteiger partial charge >= 0.3 is 0 Å². The van der Waals surface area contributed by atoms with E-state index in [4.69, 9.17) is 25.3 Å². The quantitative estimate of drug-likeness (QED) is 0.497. The van der Waals surface area contributed by atoms with Gasteiger partial charge in [-0.3, -0.25) is 4.18 Å². The van der Waals surface area contributed by atoms with Crippen LogP contribution in [0, 0.1) is 6.92 Å². The van der Waals surface area contributed by atoms with Gasteiger partial charge in [-0.1, -0.05) is 47.5 Å². The zero-order valence-electron chi connectivity index (χ0n) is 16.8. The van der Waals surface area contributed by atoms with Crippen molar-refractivity contribution in [2.75, 3.05) is 14.2 Å². The lowest BCUT2D eigenvalue weighted by Gasteiger charge is -2.17. The zero-order chi connectivity index (χ0) is 21.5. The van der Waals surface area contributed by atoms with Gasteiger partial charge in [-0.25, -0.2) is 0 Å². The van der Waals surface area contributed by atoms with Crippen molar-refractivity contribution in [3.05, 3.63) is 76.3 Å². The summed E-state index contributed by atoms with van der Waals surface area (Å²) in [5.74, 6) is 1.38. The van der Waals surface area contributed by atoms with Crippen LogP contribution < -0.4 is 9.47 Å². The van der Waals surface area contributed by atoms with Gasteiger partial charge in [0.05, 0.1) is 14.2 Å². The SMILES string of the molecule is COc1ccc(Cl)cc1-c1cccc2c1OC(c1cc(C)ccc1S(=O)(=O)OC)C2. The van der Waals surface area contributed by atoms with Gasteiger partial charge in [-0.05, 0) is 36.8 Å². The van der Waals surface area contributed by atoms with Crippen LogP contribution in [-0.2, 0) is 20.7 Å². The Hall–Kier alpha value is -2.54. The summed E-state index contributed by atoms with van der Waals surface area (Å²) in [5.41, 5.74) is 4.17. The molecule has 1 heterocycles. The first kappa shape index (κ1) is 20.7. The van der Waals surface area contributed by atoms with Crippen molar-refractivity contribution < 1.29 is 22.1 Å². The summed E-state index contributed by atoms with van der Waals surface area (Å²) < 4.78 is 41.5. The van der Waals surface area contributed by atoms with Crippen LogP contribution in [0.25, 0.3) is 11.1 Å². The molecule has 1 atom stereocenters. The smallest absolute Gasteiger partial charge is 0.297 e. The first-order valence-corrected chi connectivity index (χ1v) is 11.2. The van der Waals surface area contributed by atoms with E-state index in [1.807, 2.05) is 43.3 Å². The van der Waals surface area contributed by atoms with Gasteiger partial charge < -0.3 is 9.47 Å². The molecule has 0 saturated heterocycles. The molecule has 1 aliphatic rings. The number of benzene rings is 3. The van der Waals surface area contributed by atoms with Crippen molar-refractivity contribution in [1.29, 1.82) is 0 Å². The molecule has 4 rings (SSSR count). The van der Waals surface area contributed by atoms with Crippen LogP contribution in [-0.4, -0.2) is 22.6 Å².